The van der Waals surface area contributed by atoms with Crippen molar-refractivity contribution in [2.75, 3.05) is 37.7 Å². The molecule has 1 N–H and O–H groups in total. The molecule has 5 atom stereocenters. The van der Waals surface area contributed by atoms with E-state index < -0.39 is 29.1 Å². The van der Waals surface area contributed by atoms with Gasteiger partial charge in [-0.25, -0.2) is 0 Å². The van der Waals surface area contributed by atoms with Gasteiger partial charge in [-0.1, -0.05) is 55.0 Å². The molecule has 0 bridgehead atoms. The minimum atomic E-state index is -1.31. The number of amides is 3. The molecule has 0 radical (unpaired) electrons. The molecule has 3 amide bonds. The van der Waals surface area contributed by atoms with Crippen molar-refractivity contribution in [1.29, 1.82) is 0 Å². The van der Waals surface area contributed by atoms with Crippen molar-refractivity contribution in [3.8, 4) is 0 Å². The smallest absolute Gasteiger partial charge is 0.253 e. The zero-order valence-electron chi connectivity index (χ0n) is 20.6. The third-order valence-corrected chi connectivity index (χ3v) is 8.15. The van der Waals surface area contributed by atoms with Gasteiger partial charge in [0.25, 0.3) is 5.91 Å². The van der Waals surface area contributed by atoms with Gasteiger partial charge in [-0.3, -0.25) is 14.4 Å². The average molecular weight is 514 g/mol. The summed E-state index contributed by atoms with van der Waals surface area (Å²) in [4.78, 5) is 47.0. The van der Waals surface area contributed by atoms with Gasteiger partial charge >= 0.3 is 0 Å². The number of rotatable bonds is 6. The van der Waals surface area contributed by atoms with Crippen LogP contribution in [-0.4, -0.2) is 82.7 Å². The number of hydrogen-bond donors (Lipinski definition) is 1. The highest BCUT2D eigenvalue weighted by Gasteiger charge is 2.74. The molecular formula is C27H32ClN3O5. The first-order valence-corrected chi connectivity index (χ1v) is 13.0. The highest BCUT2D eigenvalue weighted by molar-refractivity contribution is 6.34. The summed E-state index contributed by atoms with van der Waals surface area (Å²) in [5.41, 5.74) is -1.80. The lowest BCUT2D eigenvalue weighted by Crippen LogP contribution is -2.56. The lowest BCUT2D eigenvalue weighted by Gasteiger charge is -2.37. The average Bonchev–Trinajstić information content (AvgIpc) is 3.12. The number of aliphatic hydroxyl groups is 1. The predicted octanol–water partition coefficient (Wildman–Crippen LogP) is 2.40. The molecule has 1 aromatic carbocycles. The zero-order chi connectivity index (χ0) is 25.7. The quantitative estimate of drug-likeness (QED) is 0.590. The minimum absolute atomic E-state index is 0.125. The Kier molecular flexibility index (Phi) is 6.47. The van der Waals surface area contributed by atoms with Crippen LogP contribution in [0.4, 0.5) is 5.69 Å². The van der Waals surface area contributed by atoms with E-state index in [0.717, 1.165) is 6.42 Å². The molecule has 1 aromatic rings. The molecule has 4 aliphatic heterocycles. The van der Waals surface area contributed by atoms with Crippen LogP contribution < -0.4 is 4.90 Å². The second kappa shape index (κ2) is 9.32. The number of benzene rings is 1. The van der Waals surface area contributed by atoms with Crippen LogP contribution in [-0.2, 0) is 19.1 Å². The fraction of sp³-hybridized carbons (Fsp3) is 0.519. The molecule has 1 unspecified atom stereocenters. The van der Waals surface area contributed by atoms with Gasteiger partial charge in [-0.2, -0.15) is 0 Å². The number of halogens is 1. The lowest BCUT2D eigenvalue weighted by molar-refractivity contribution is -0.148. The number of anilines is 1. The number of fused-ring (bicyclic) bond motifs is 2. The number of ether oxygens (including phenoxy) is 1. The van der Waals surface area contributed by atoms with E-state index in [4.69, 9.17) is 16.3 Å². The third-order valence-electron chi connectivity index (χ3n) is 7.83. The molecule has 2 fully saturated rings. The lowest BCUT2D eigenvalue weighted by atomic mass is 9.74. The fourth-order valence-corrected chi connectivity index (χ4v) is 6.65. The minimum Gasteiger partial charge on any atom is -0.396 e. The van der Waals surface area contributed by atoms with Crippen LogP contribution in [0.15, 0.2) is 48.6 Å². The van der Waals surface area contributed by atoms with Gasteiger partial charge in [0, 0.05) is 32.8 Å². The van der Waals surface area contributed by atoms with E-state index in [1.54, 1.807) is 28.0 Å². The van der Waals surface area contributed by atoms with Gasteiger partial charge < -0.3 is 24.5 Å². The van der Waals surface area contributed by atoms with E-state index in [1.807, 2.05) is 44.2 Å². The van der Waals surface area contributed by atoms with Crippen LogP contribution >= 0.6 is 11.6 Å². The van der Waals surface area contributed by atoms with Gasteiger partial charge in [0.15, 0.2) is 0 Å². The molecule has 0 aliphatic carbocycles. The van der Waals surface area contributed by atoms with E-state index in [2.05, 4.69) is 0 Å². The Labute approximate surface area is 216 Å². The number of nitrogens with zero attached hydrogens (tertiary/aromatic N) is 3. The number of para-hydroxylation sites is 1. The zero-order valence-corrected chi connectivity index (χ0v) is 21.4. The summed E-state index contributed by atoms with van der Waals surface area (Å²) in [5.74, 6) is -2.35. The number of carbonyl (C=O) groups is 3. The highest BCUT2D eigenvalue weighted by atomic mass is 35.5. The van der Waals surface area contributed by atoms with E-state index in [0.29, 0.717) is 30.2 Å². The summed E-state index contributed by atoms with van der Waals surface area (Å²) >= 11 is 6.46. The first kappa shape index (κ1) is 25.0. The van der Waals surface area contributed by atoms with Gasteiger partial charge in [-0.05, 0) is 31.9 Å². The molecule has 4 heterocycles. The van der Waals surface area contributed by atoms with Crippen molar-refractivity contribution in [3.63, 3.8) is 0 Å². The summed E-state index contributed by atoms with van der Waals surface area (Å²) < 4.78 is 6.76. The molecule has 4 aliphatic rings. The van der Waals surface area contributed by atoms with Crippen molar-refractivity contribution in [1.82, 2.24) is 9.80 Å². The maximum absolute atomic E-state index is 14.2. The fourth-order valence-electron chi connectivity index (χ4n) is 6.41. The second-order valence-electron chi connectivity index (χ2n) is 10.1. The molecule has 36 heavy (non-hydrogen) atoms. The molecular weight excluding hydrogens is 482 g/mol. The summed E-state index contributed by atoms with van der Waals surface area (Å²) in [6.07, 6.45) is 8.57. The molecule has 192 valence electrons. The standard InChI is InChI=1S/C27H32ClN3O5/c1-3-13-29-14-6-11-26(2)20(23(29)33)21-24(34)31(16-8-17-32)22-25(35)30(15-7-12-27(21,22)36-26)19-10-5-4-9-18(19)28/h4-7,9-12,20-22,32H,3,8,13-17H2,1-2H3/t20-,21+,22?,26+,27+/m1/s1. The summed E-state index contributed by atoms with van der Waals surface area (Å²) in [6, 6.07) is 6.11. The summed E-state index contributed by atoms with van der Waals surface area (Å²) in [5, 5.41) is 9.96. The Bertz CT molecular complexity index is 1140. The SMILES string of the molecule is CCCN1CC=C[C@]2(C)O[C@]34C=CCN(c5ccccc5Cl)C(=O)C3N(CCCO)C(=O)[C@@H]4[C@@H]2C1=O. The topological polar surface area (TPSA) is 90.4 Å². The molecule has 8 nitrogen and oxygen atoms in total. The third kappa shape index (κ3) is 3.61. The molecule has 2 saturated heterocycles. The van der Waals surface area contributed by atoms with Crippen molar-refractivity contribution in [3.05, 3.63) is 53.6 Å². The van der Waals surface area contributed by atoms with Crippen molar-refractivity contribution >= 4 is 35.0 Å². The van der Waals surface area contributed by atoms with Crippen LogP contribution in [0.2, 0.25) is 5.02 Å². The summed E-state index contributed by atoms with van der Waals surface area (Å²) in [7, 11) is 0. The second-order valence-corrected chi connectivity index (χ2v) is 10.5. The van der Waals surface area contributed by atoms with Crippen LogP contribution in [0.25, 0.3) is 0 Å². The van der Waals surface area contributed by atoms with Crippen LogP contribution in [0.3, 0.4) is 0 Å². The normalized spacial score (nSPS) is 33.5. The Balaban J connectivity index is 1.64. The maximum atomic E-state index is 14.2. The number of carbonyl (C=O) groups excluding carboxylic acids is 3. The first-order chi connectivity index (χ1) is 17.3. The van der Waals surface area contributed by atoms with Gasteiger partial charge in [0.05, 0.1) is 28.1 Å². The molecule has 0 saturated carbocycles. The Hall–Kier alpha value is -2.68. The van der Waals surface area contributed by atoms with Crippen molar-refractivity contribution < 1.29 is 24.2 Å². The Morgan fingerprint density at radius 2 is 1.78 bits per heavy atom. The van der Waals surface area contributed by atoms with Gasteiger partial charge in [0.2, 0.25) is 11.8 Å². The number of hydrogen-bond acceptors (Lipinski definition) is 5. The largest absolute Gasteiger partial charge is 0.396 e. The van der Waals surface area contributed by atoms with Gasteiger partial charge in [0.1, 0.15) is 11.6 Å². The number of likely N-dealkylation sites (tertiary alicyclic amines) is 1. The highest BCUT2D eigenvalue weighted by Crippen LogP contribution is 2.57. The molecule has 5 rings (SSSR count). The van der Waals surface area contributed by atoms with Crippen molar-refractivity contribution in [2.24, 2.45) is 11.8 Å². The Morgan fingerprint density at radius 1 is 1.03 bits per heavy atom. The summed E-state index contributed by atoms with van der Waals surface area (Å²) in [6.45, 7) is 5.21. The molecule has 1 spiro atoms. The van der Waals surface area contributed by atoms with E-state index in [9.17, 15) is 19.5 Å². The van der Waals surface area contributed by atoms with Crippen LogP contribution in [0.5, 0.6) is 0 Å². The van der Waals surface area contributed by atoms with Crippen molar-refractivity contribution in [2.45, 2.75) is 43.9 Å². The van der Waals surface area contributed by atoms with Crippen LogP contribution in [0.1, 0.15) is 26.7 Å². The molecule has 0 aromatic heterocycles. The first-order valence-electron chi connectivity index (χ1n) is 12.6. The van der Waals surface area contributed by atoms with Crippen LogP contribution in [0, 0.1) is 11.8 Å². The van der Waals surface area contributed by atoms with Gasteiger partial charge in [-0.15, -0.1) is 0 Å². The van der Waals surface area contributed by atoms with E-state index in [1.165, 1.54) is 4.90 Å². The van der Waals surface area contributed by atoms with E-state index >= 15 is 0 Å². The molecule has 9 heteroatoms. The van der Waals surface area contributed by atoms with E-state index in [-0.39, 0.29) is 37.4 Å². The monoisotopic (exact) mass is 513 g/mol. The Morgan fingerprint density at radius 3 is 2.50 bits per heavy atom. The predicted molar refractivity (Wildman–Crippen MR) is 135 cm³/mol. The number of aliphatic hydroxyl groups excluding tert-OH is 1. The maximum Gasteiger partial charge on any atom is 0.253 e.